The van der Waals surface area contributed by atoms with Crippen molar-refractivity contribution in [3.8, 4) is 11.6 Å². The van der Waals surface area contributed by atoms with Gasteiger partial charge in [0.05, 0.1) is 0 Å². The second kappa shape index (κ2) is 5.14. The van der Waals surface area contributed by atoms with E-state index < -0.39 is 0 Å². The lowest BCUT2D eigenvalue weighted by Crippen LogP contribution is -2.10. The van der Waals surface area contributed by atoms with E-state index in [4.69, 9.17) is 15.0 Å². The van der Waals surface area contributed by atoms with Gasteiger partial charge in [-0.2, -0.15) is 4.98 Å². The van der Waals surface area contributed by atoms with E-state index in [9.17, 15) is 0 Å². The van der Waals surface area contributed by atoms with Gasteiger partial charge in [-0.1, -0.05) is 25.1 Å². The highest BCUT2D eigenvalue weighted by Gasteiger charge is 2.22. The number of nitrogens with two attached hydrogens (primary N) is 1. The van der Waals surface area contributed by atoms with Gasteiger partial charge in [-0.3, -0.25) is 0 Å². The summed E-state index contributed by atoms with van der Waals surface area (Å²) in [6, 6.07) is 5.26. The number of rotatable bonds is 4. The molecule has 0 aliphatic rings. The van der Waals surface area contributed by atoms with E-state index in [0.717, 1.165) is 0 Å². The quantitative estimate of drug-likeness (QED) is 0.891. The van der Waals surface area contributed by atoms with Crippen LogP contribution in [-0.4, -0.2) is 22.2 Å². The first-order valence-electron chi connectivity index (χ1n) is 5.71. The van der Waals surface area contributed by atoms with Crippen LogP contribution in [0.5, 0.6) is 0 Å². The Morgan fingerprint density at radius 2 is 2.06 bits per heavy atom. The lowest BCUT2D eigenvalue weighted by molar-refractivity contribution is 0.0556. The summed E-state index contributed by atoms with van der Waals surface area (Å²) in [6.07, 6.45) is -0.191. The first-order valence-corrected chi connectivity index (χ1v) is 5.71. The third-order valence-electron chi connectivity index (χ3n) is 2.55. The van der Waals surface area contributed by atoms with Crippen LogP contribution in [0.3, 0.4) is 0 Å². The zero-order valence-corrected chi connectivity index (χ0v) is 10.6. The molecule has 0 aliphatic carbocycles. The fourth-order valence-corrected chi connectivity index (χ4v) is 1.70. The summed E-state index contributed by atoms with van der Waals surface area (Å²) in [5.74, 6) is 1.54. The van der Waals surface area contributed by atoms with Crippen LogP contribution in [0.1, 0.15) is 25.8 Å². The summed E-state index contributed by atoms with van der Waals surface area (Å²) in [4.78, 5) is 8.42. The Balaban J connectivity index is 2.30. The molecule has 0 fully saturated rings. The SMILES string of the molecule is COC(c1noc(-c2cccc(N)n2)n1)C(C)C. The molecule has 2 heterocycles. The molecule has 2 aromatic heterocycles. The highest BCUT2D eigenvalue weighted by atomic mass is 16.5. The van der Waals surface area contributed by atoms with Gasteiger partial charge < -0.3 is 15.0 Å². The van der Waals surface area contributed by atoms with Gasteiger partial charge in [-0.25, -0.2) is 4.98 Å². The molecule has 6 heteroatoms. The Bertz CT molecular complexity index is 524. The normalized spacial score (nSPS) is 12.9. The molecule has 18 heavy (non-hydrogen) atoms. The summed E-state index contributed by atoms with van der Waals surface area (Å²) >= 11 is 0. The second-order valence-corrected chi connectivity index (χ2v) is 4.31. The molecule has 2 rings (SSSR count). The van der Waals surface area contributed by atoms with Crippen molar-refractivity contribution in [3.63, 3.8) is 0 Å². The number of methoxy groups -OCH3 is 1. The van der Waals surface area contributed by atoms with Crippen LogP contribution in [-0.2, 0) is 4.74 Å². The van der Waals surface area contributed by atoms with Crippen LogP contribution in [0, 0.1) is 5.92 Å². The minimum atomic E-state index is -0.191. The Hall–Kier alpha value is -1.95. The number of anilines is 1. The fourth-order valence-electron chi connectivity index (χ4n) is 1.70. The third kappa shape index (κ3) is 2.48. The molecule has 0 aromatic carbocycles. The highest BCUT2D eigenvalue weighted by molar-refractivity contribution is 5.49. The number of hydrogen-bond acceptors (Lipinski definition) is 6. The smallest absolute Gasteiger partial charge is 0.276 e. The molecule has 6 nitrogen and oxygen atoms in total. The Kier molecular flexibility index (Phi) is 3.57. The molecule has 2 N–H and O–H groups in total. The largest absolute Gasteiger partial charge is 0.384 e. The highest BCUT2D eigenvalue weighted by Crippen LogP contribution is 2.24. The van der Waals surface area contributed by atoms with Crippen molar-refractivity contribution in [2.75, 3.05) is 12.8 Å². The number of nitrogens with zero attached hydrogens (tertiary/aromatic N) is 3. The topological polar surface area (TPSA) is 87.1 Å². The minimum absolute atomic E-state index is 0.191. The van der Waals surface area contributed by atoms with Crippen molar-refractivity contribution in [1.29, 1.82) is 0 Å². The molecule has 0 amide bonds. The van der Waals surface area contributed by atoms with Gasteiger partial charge in [-0.15, -0.1) is 0 Å². The summed E-state index contributed by atoms with van der Waals surface area (Å²) in [5, 5.41) is 3.92. The van der Waals surface area contributed by atoms with E-state index in [-0.39, 0.29) is 12.0 Å². The van der Waals surface area contributed by atoms with Crippen LogP contribution >= 0.6 is 0 Å². The lowest BCUT2D eigenvalue weighted by atomic mass is 10.1. The van der Waals surface area contributed by atoms with E-state index in [2.05, 4.69) is 15.1 Å². The Labute approximate surface area is 105 Å². The molecule has 0 spiro atoms. The predicted octanol–water partition coefficient (Wildman–Crippen LogP) is 2.06. The summed E-state index contributed by atoms with van der Waals surface area (Å²) in [5.41, 5.74) is 6.17. The Morgan fingerprint density at radius 1 is 1.28 bits per heavy atom. The Morgan fingerprint density at radius 3 is 2.67 bits per heavy atom. The molecule has 0 bridgehead atoms. The first-order chi connectivity index (χ1) is 8.61. The molecule has 1 atom stereocenters. The average Bonchev–Trinajstić information content (AvgIpc) is 2.79. The van der Waals surface area contributed by atoms with Gasteiger partial charge in [-0.05, 0) is 18.1 Å². The van der Waals surface area contributed by atoms with Crippen molar-refractivity contribution < 1.29 is 9.26 Å². The average molecular weight is 248 g/mol. The van der Waals surface area contributed by atoms with E-state index in [1.807, 2.05) is 13.8 Å². The second-order valence-electron chi connectivity index (χ2n) is 4.31. The molecule has 1 unspecified atom stereocenters. The number of ether oxygens (including phenoxy) is 1. The maximum absolute atomic E-state index is 5.61. The lowest BCUT2D eigenvalue weighted by Gasteiger charge is -2.14. The molecule has 0 saturated heterocycles. The van der Waals surface area contributed by atoms with Crippen LogP contribution in [0.25, 0.3) is 11.6 Å². The molecule has 96 valence electrons. The fraction of sp³-hybridized carbons (Fsp3) is 0.417. The summed E-state index contributed by atoms with van der Waals surface area (Å²) in [7, 11) is 1.62. The monoisotopic (exact) mass is 248 g/mol. The van der Waals surface area contributed by atoms with Crippen molar-refractivity contribution in [2.45, 2.75) is 20.0 Å². The minimum Gasteiger partial charge on any atom is -0.384 e. The van der Waals surface area contributed by atoms with Crippen molar-refractivity contribution >= 4 is 5.82 Å². The van der Waals surface area contributed by atoms with Gasteiger partial charge in [0, 0.05) is 7.11 Å². The van der Waals surface area contributed by atoms with Gasteiger partial charge in [0.25, 0.3) is 5.89 Å². The van der Waals surface area contributed by atoms with Crippen molar-refractivity contribution in [2.24, 2.45) is 5.92 Å². The van der Waals surface area contributed by atoms with E-state index in [1.54, 1.807) is 25.3 Å². The van der Waals surface area contributed by atoms with Gasteiger partial charge in [0.2, 0.25) is 5.82 Å². The number of aromatic nitrogens is 3. The molecule has 2 aromatic rings. The van der Waals surface area contributed by atoms with Crippen molar-refractivity contribution in [3.05, 3.63) is 24.0 Å². The predicted molar refractivity (Wildman–Crippen MR) is 66.5 cm³/mol. The van der Waals surface area contributed by atoms with Gasteiger partial charge in [0.15, 0.2) is 0 Å². The summed E-state index contributed by atoms with van der Waals surface area (Å²) < 4.78 is 10.5. The van der Waals surface area contributed by atoms with Gasteiger partial charge in [0.1, 0.15) is 17.6 Å². The first kappa shape index (κ1) is 12.5. The number of hydrogen-bond donors (Lipinski definition) is 1. The zero-order chi connectivity index (χ0) is 13.1. The van der Waals surface area contributed by atoms with Gasteiger partial charge >= 0.3 is 0 Å². The van der Waals surface area contributed by atoms with Crippen LogP contribution in [0.2, 0.25) is 0 Å². The van der Waals surface area contributed by atoms with Crippen molar-refractivity contribution in [1.82, 2.24) is 15.1 Å². The van der Waals surface area contributed by atoms with E-state index in [0.29, 0.717) is 23.2 Å². The summed E-state index contributed by atoms with van der Waals surface area (Å²) in [6.45, 7) is 4.06. The maximum atomic E-state index is 5.61. The van der Waals surface area contributed by atoms with Crippen LogP contribution in [0.15, 0.2) is 22.7 Å². The van der Waals surface area contributed by atoms with Crippen LogP contribution < -0.4 is 5.73 Å². The molecule has 0 saturated carbocycles. The molecular formula is C12H16N4O2. The maximum Gasteiger partial charge on any atom is 0.276 e. The third-order valence-corrected chi connectivity index (χ3v) is 2.55. The molecule has 0 radical (unpaired) electrons. The van der Waals surface area contributed by atoms with E-state index in [1.165, 1.54) is 0 Å². The standard InChI is InChI=1S/C12H16N4O2/c1-7(2)10(17-3)11-15-12(18-16-11)8-5-4-6-9(13)14-8/h4-7,10H,1-3H3,(H2,13,14). The number of nitrogen functional groups attached to an aromatic ring is 1. The van der Waals surface area contributed by atoms with Crippen LogP contribution in [0.4, 0.5) is 5.82 Å². The van der Waals surface area contributed by atoms with E-state index >= 15 is 0 Å². The zero-order valence-electron chi connectivity index (χ0n) is 10.6. The molecule has 0 aliphatic heterocycles. The number of pyridine rings is 1. The molecular weight excluding hydrogens is 232 g/mol.